The van der Waals surface area contributed by atoms with Crippen molar-refractivity contribution in [3.8, 4) is 5.88 Å². The van der Waals surface area contributed by atoms with Crippen molar-refractivity contribution in [2.45, 2.75) is 20.3 Å². The maximum Gasteiger partial charge on any atom is 0.241 e. The molecule has 2 aromatic rings. The van der Waals surface area contributed by atoms with E-state index in [1.165, 1.54) is 4.88 Å². The van der Waals surface area contributed by atoms with E-state index in [-0.39, 0.29) is 0 Å². The molecule has 3 N–H and O–H groups in total. The van der Waals surface area contributed by atoms with Crippen molar-refractivity contribution >= 4 is 27.5 Å². The highest BCUT2D eigenvalue weighted by Crippen LogP contribution is 2.31. The normalized spacial score (nSPS) is 11.3. The summed E-state index contributed by atoms with van der Waals surface area (Å²) in [5.41, 5.74) is 2.46. The lowest BCUT2D eigenvalue weighted by Crippen LogP contribution is -2.11. The van der Waals surface area contributed by atoms with Crippen LogP contribution in [0.15, 0.2) is 18.2 Å². The second kappa shape index (κ2) is 5.79. The minimum absolute atomic E-state index is 0.377. The molecule has 0 fully saturated rings. The SMILES string of the molecule is C/C=C/COc1nc(NN)nc2sc(CC)cc12. The van der Waals surface area contributed by atoms with Crippen LogP contribution in [-0.4, -0.2) is 16.6 Å². The molecule has 2 rings (SSSR count). The van der Waals surface area contributed by atoms with Gasteiger partial charge in [-0.1, -0.05) is 19.1 Å². The third-order valence-corrected chi connectivity index (χ3v) is 3.61. The Bertz CT molecular complexity index is 564. The molecule has 0 saturated carbocycles. The van der Waals surface area contributed by atoms with Crippen LogP contribution in [0.1, 0.15) is 18.7 Å². The van der Waals surface area contributed by atoms with E-state index >= 15 is 0 Å². The first-order valence-corrected chi connectivity index (χ1v) is 6.61. The van der Waals surface area contributed by atoms with Gasteiger partial charge in [0.15, 0.2) is 0 Å². The summed E-state index contributed by atoms with van der Waals surface area (Å²) in [5.74, 6) is 6.31. The van der Waals surface area contributed by atoms with Crippen molar-refractivity contribution in [3.63, 3.8) is 0 Å². The van der Waals surface area contributed by atoms with Gasteiger partial charge in [0.25, 0.3) is 0 Å². The monoisotopic (exact) mass is 264 g/mol. The van der Waals surface area contributed by atoms with Crippen molar-refractivity contribution in [1.29, 1.82) is 0 Å². The van der Waals surface area contributed by atoms with Crippen LogP contribution in [0.4, 0.5) is 5.95 Å². The summed E-state index contributed by atoms with van der Waals surface area (Å²) in [4.78, 5) is 10.7. The molecule has 0 radical (unpaired) electrons. The number of hydrogen-bond acceptors (Lipinski definition) is 6. The molecular weight excluding hydrogens is 248 g/mol. The zero-order valence-corrected chi connectivity index (χ0v) is 11.3. The number of nitrogens with zero attached hydrogens (tertiary/aromatic N) is 2. The molecule has 5 nitrogen and oxygen atoms in total. The van der Waals surface area contributed by atoms with Crippen LogP contribution in [0, 0.1) is 0 Å². The summed E-state index contributed by atoms with van der Waals surface area (Å²) in [6, 6.07) is 2.07. The van der Waals surface area contributed by atoms with Crippen LogP contribution in [0.25, 0.3) is 10.2 Å². The van der Waals surface area contributed by atoms with Gasteiger partial charge in [0.1, 0.15) is 11.4 Å². The van der Waals surface area contributed by atoms with Gasteiger partial charge in [-0.25, -0.2) is 10.8 Å². The summed E-state index contributed by atoms with van der Waals surface area (Å²) >= 11 is 1.64. The van der Waals surface area contributed by atoms with Crippen molar-refractivity contribution < 1.29 is 4.74 Å². The van der Waals surface area contributed by atoms with Gasteiger partial charge >= 0.3 is 0 Å². The van der Waals surface area contributed by atoms with E-state index in [1.807, 2.05) is 19.1 Å². The number of thiophene rings is 1. The Morgan fingerprint density at radius 3 is 3.00 bits per heavy atom. The van der Waals surface area contributed by atoms with Crippen molar-refractivity contribution in [2.75, 3.05) is 12.0 Å². The Balaban J connectivity index is 2.43. The summed E-state index contributed by atoms with van der Waals surface area (Å²) in [7, 11) is 0. The molecule has 6 heteroatoms. The summed E-state index contributed by atoms with van der Waals surface area (Å²) in [6.45, 7) is 4.55. The number of aryl methyl sites for hydroxylation is 1. The van der Waals surface area contributed by atoms with Gasteiger partial charge in [-0.3, -0.25) is 5.43 Å². The molecule has 18 heavy (non-hydrogen) atoms. The predicted octanol–water partition coefficient (Wildman–Crippen LogP) is 2.49. The molecule has 2 aromatic heterocycles. The molecule has 0 saturated heterocycles. The van der Waals surface area contributed by atoms with Gasteiger partial charge in [-0.2, -0.15) is 4.98 Å². The smallest absolute Gasteiger partial charge is 0.241 e. The van der Waals surface area contributed by atoms with E-state index in [0.29, 0.717) is 18.4 Å². The number of nitrogens with two attached hydrogens (primary N) is 1. The zero-order valence-electron chi connectivity index (χ0n) is 10.4. The highest BCUT2D eigenvalue weighted by molar-refractivity contribution is 7.18. The number of fused-ring (bicyclic) bond motifs is 1. The number of hydrazine groups is 1. The zero-order chi connectivity index (χ0) is 13.0. The van der Waals surface area contributed by atoms with Crippen LogP contribution >= 0.6 is 11.3 Å². The second-order valence-electron chi connectivity index (χ2n) is 3.66. The maximum absolute atomic E-state index is 5.63. The fourth-order valence-corrected chi connectivity index (χ4v) is 2.48. The Morgan fingerprint density at radius 1 is 1.50 bits per heavy atom. The van der Waals surface area contributed by atoms with Crippen LogP contribution < -0.4 is 16.0 Å². The summed E-state index contributed by atoms with van der Waals surface area (Å²) in [5, 5.41) is 0.945. The molecule has 2 heterocycles. The maximum atomic E-state index is 5.63. The fraction of sp³-hybridized carbons (Fsp3) is 0.333. The number of anilines is 1. The highest BCUT2D eigenvalue weighted by atomic mass is 32.1. The number of nitrogens with one attached hydrogen (secondary N) is 1. The quantitative estimate of drug-likeness (QED) is 0.493. The van der Waals surface area contributed by atoms with Gasteiger partial charge < -0.3 is 4.74 Å². The average molecular weight is 264 g/mol. The van der Waals surface area contributed by atoms with E-state index in [4.69, 9.17) is 10.6 Å². The first-order valence-electron chi connectivity index (χ1n) is 5.79. The lowest BCUT2D eigenvalue weighted by Gasteiger charge is -2.05. The Labute approximate surface area is 110 Å². The van der Waals surface area contributed by atoms with Gasteiger partial charge in [0.05, 0.1) is 5.39 Å². The van der Waals surface area contributed by atoms with E-state index in [2.05, 4.69) is 28.4 Å². The van der Waals surface area contributed by atoms with E-state index < -0.39 is 0 Å². The molecule has 0 unspecified atom stereocenters. The van der Waals surface area contributed by atoms with Gasteiger partial charge in [-0.15, -0.1) is 11.3 Å². The third-order valence-electron chi connectivity index (χ3n) is 2.44. The largest absolute Gasteiger partial charge is 0.473 e. The standard InChI is InChI=1S/C12H16N4OS/c1-3-5-6-17-10-9-7-8(4-2)18-11(9)15-12(14-10)16-13/h3,5,7H,4,6,13H2,1-2H3,(H,14,15,16)/b5-3+. The predicted molar refractivity (Wildman–Crippen MR) is 74.9 cm³/mol. The summed E-state index contributed by atoms with van der Waals surface area (Å²) in [6.07, 6.45) is 4.84. The molecule has 0 amide bonds. The Morgan fingerprint density at radius 2 is 2.33 bits per heavy atom. The molecular formula is C12H16N4OS. The van der Waals surface area contributed by atoms with Crippen molar-refractivity contribution in [2.24, 2.45) is 5.84 Å². The van der Waals surface area contributed by atoms with Crippen molar-refractivity contribution in [1.82, 2.24) is 9.97 Å². The van der Waals surface area contributed by atoms with Crippen LogP contribution in [0.3, 0.4) is 0 Å². The average Bonchev–Trinajstić information content (AvgIpc) is 2.81. The highest BCUT2D eigenvalue weighted by Gasteiger charge is 2.11. The first kappa shape index (κ1) is 12.8. The Kier molecular flexibility index (Phi) is 4.11. The van der Waals surface area contributed by atoms with Crippen LogP contribution in [-0.2, 0) is 6.42 Å². The second-order valence-corrected chi connectivity index (χ2v) is 4.78. The molecule has 0 aromatic carbocycles. The molecule has 0 bridgehead atoms. The Hall–Kier alpha value is -1.66. The fourth-order valence-electron chi connectivity index (χ4n) is 1.52. The topological polar surface area (TPSA) is 73.1 Å². The minimum atomic E-state index is 0.377. The molecule has 96 valence electrons. The van der Waals surface area contributed by atoms with Gasteiger partial charge in [0.2, 0.25) is 11.8 Å². The van der Waals surface area contributed by atoms with Crippen LogP contribution in [0.5, 0.6) is 5.88 Å². The molecule has 0 aliphatic heterocycles. The van der Waals surface area contributed by atoms with E-state index in [1.54, 1.807) is 11.3 Å². The number of hydrogen-bond donors (Lipinski definition) is 2. The molecule has 0 aliphatic carbocycles. The minimum Gasteiger partial charge on any atom is -0.473 e. The number of rotatable bonds is 5. The number of aromatic nitrogens is 2. The van der Waals surface area contributed by atoms with Gasteiger partial charge in [-0.05, 0) is 19.4 Å². The van der Waals surface area contributed by atoms with Crippen molar-refractivity contribution in [3.05, 3.63) is 23.1 Å². The summed E-state index contributed by atoms with van der Waals surface area (Å²) < 4.78 is 5.63. The molecule has 0 aliphatic rings. The van der Waals surface area contributed by atoms with Crippen LogP contribution in [0.2, 0.25) is 0 Å². The molecule has 0 atom stereocenters. The lowest BCUT2D eigenvalue weighted by atomic mass is 10.3. The van der Waals surface area contributed by atoms with E-state index in [9.17, 15) is 0 Å². The third kappa shape index (κ3) is 2.60. The number of ether oxygens (including phenoxy) is 1. The van der Waals surface area contributed by atoms with E-state index in [0.717, 1.165) is 16.6 Å². The number of nitrogen functional groups attached to an aromatic ring is 1. The lowest BCUT2D eigenvalue weighted by molar-refractivity contribution is 0.353. The molecule has 0 spiro atoms. The van der Waals surface area contributed by atoms with Gasteiger partial charge in [0, 0.05) is 4.88 Å². The number of allylic oxidation sites excluding steroid dienone is 1. The first-order chi connectivity index (χ1) is 8.78.